The van der Waals surface area contributed by atoms with E-state index in [2.05, 4.69) is 51.1 Å². The smallest absolute Gasteiger partial charge is 0.100 e. The third kappa shape index (κ3) is 0.833. The van der Waals surface area contributed by atoms with Crippen molar-refractivity contribution in [2.45, 2.75) is 26.2 Å². The molecule has 1 heterocycles. The van der Waals surface area contributed by atoms with Crippen LogP contribution in [0, 0.1) is 27.6 Å². The summed E-state index contributed by atoms with van der Waals surface area (Å²) in [5.41, 5.74) is 1.63. The van der Waals surface area contributed by atoms with Crippen LogP contribution in [0.2, 0.25) is 0 Å². The lowest BCUT2D eigenvalue weighted by molar-refractivity contribution is -0.195. The van der Waals surface area contributed by atoms with Crippen LogP contribution in [-0.2, 0) is 10.2 Å². The van der Waals surface area contributed by atoms with Crippen LogP contribution in [0.3, 0.4) is 0 Å². The van der Waals surface area contributed by atoms with E-state index >= 15 is 0 Å². The fourth-order valence-corrected chi connectivity index (χ4v) is 5.32. The molecular weight excluding hydrogens is 246 g/mol. The number of nitriles is 1. The van der Waals surface area contributed by atoms with Gasteiger partial charge in [0.1, 0.15) is 5.41 Å². The summed E-state index contributed by atoms with van der Waals surface area (Å²) in [6.07, 6.45) is 4.45. The van der Waals surface area contributed by atoms with Crippen LogP contribution in [0.15, 0.2) is 30.3 Å². The highest BCUT2D eigenvalue weighted by Crippen LogP contribution is 2.82. The van der Waals surface area contributed by atoms with Crippen LogP contribution in [0.5, 0.6) is 0 Å². The van der Waals surface area contributed by atoms with E-state index in [1.165, 1.54) is 11.1 Å². The minimum Gasteiger partial charge on any atom is -0.380 e. The Labute approximate surface area is 120 Å². The maximum atomic E-state index is 10.2. The molecule has 1 saturated carbocycles. The van der Waals surface area contributed by atoms with E-state index in [0.29, 0.717) is 6.61 Å². The minimum atomic E-state index is -0.476. The molecule has 3 atom stereocenters. The van der Waals surface area contributed by atoms with Crippen LogP contribution in [-0.4, -0.2) is 13.2 Å². The van der Waals surface area contributed by atoms with Crippen molar-refractivity contribution in [3.8, 4) is 6.07 Å². The van der Waals surface area contributed by atoms with E-state index in [1.54, 1.807) is 0 Å². The molecule has 4 rings (SSSR count). The zero-order valence-electron chi connectivity index (χ0n) is 12.2. The highest BCUT2D eigenvalue weighted by atomic mass is 16.5. The fourth-order valence-electron chi connectivity index (χ4n) is 5.32. The van der Waals surface area contributed by atoms with Crippen molar-refractivity contribution in [3.05, 3.63) is 41.5 Å². The minimum absolute atomic E-state index is 0.0275. The number of rotatable bonds is 0. The summed E-state index contributed by atoms with van der Waals surface area (Å²) in [7, 11) is 0. The summed E-state index contributed by atoms with van der Waals surface area (Å²) in [6.45, 7) is 8.16. The number of nitrogens with zero attached hydrogens (tertiary/aromatic N) is 1. The molecule has 20 heavy (non-hydrogen) atoms. The summed E-state index contributed by atoms with van der Waals surface area (Å²) in [5, 5.41) is 10.2. The van der Waals surface area contributed by atoms with Gasteiger partial charge in [-0.3, -0.25) is 0 Å². The molecule has 2 heteroatoms. The second-order valence-electron chi connectivity index (χ2n) is 7.20. The van der Waals surface area contributed by atoms with Gasteiger partial charge >= 0.3 is 0 Å². The van der Waals surface area contributed by atoms with Crippen LogP contribution < -0.4 is 0 Å². The van der Waals surface area contributed by atoms with Gasteiger partial charge in [-0.15, -0.1) is 0 Å². The Morgan fingerprint density at radius 1 is 1.15 bits per heavy atom. The molecule has 0 bridgehead atoms. The van der Waals surface area contributed by atoms with E-state index in [4.69, 9.17) is 4.74 Å². The van der Waals surface area contributed by atoms with Crippen molar-refractivity contribution < 1.29 is 4.74 Å². The first-order valence-corrected chi connectivity index (χ1v) is 7.25. The SMILES string of the molecule is CC1(C)C2(C#N)c3ccccc3C=C[C@]23COC[C@]13C. The third-order valence-corrected chi connectivity index (χ3v) is 6.77. The van der Waals surface area contributed by atoms with Gasteiger partial charge in [-0.05, 0) is 16.5 Å². The van der Waals surface area contributed by atoms with Gasteiger partial charge in [-0.1, -0.05) is 57.2 Å². The second kappa shape index (κ2) is 3.18. The molecule has 1 aliphatic heterocycles. The Bertz CT molecular complexity index is 683. The summed E-state index contributed by atoms with van der Waals surface area (Å²) >= 11 is 0. The molecule has 2 fully saturated rings. The van der Waals surface area contributed by atoms with E-state index in [0.717, 1.165) is 6.61 Å². The van der Waals surface area contributed by atoms with E-state index < -0.39 is 5.41 Å². The summed E-state index contributed by atoms with van der Waals surface area (Å²) in [4.78, 5) is 0. The zero-order valence-corrected chi connectivity index (χ0v) is 12.2. The van der Waals surface area contributed by atoms with E-state index in [9.17, 15) is 5.26 Å². The second-order valence-corrected chi connectivity index (χ2v) is 7.20. The van der Waals surface area contributed by atoms with Crippen molar-refractivity contribution in [1.82, 2.24) is 0 Å². The van der Waals surface area contributed by atoms with E-state index in [1.807, 2.05) is 12.1 Å². The number of ether oxygens (including phenoxy) is 1. The Morgan fingerprint density at radius 3 is 2.65 bits per heavy atom. The zero-order chi connectivity index (χ0) is 14.2. The lowest BCUT2D eigenvalue weighted by atomic mass is 9.25. The van der Waals surface area contributed by atoms with Crippen LogP contribution >= 0.6 is 0 Å². The standard InChI is InChI=1S/C18H19NO/c1-15(2)16(3)11-20-12-17(16)9-8-13-6-4-5-7-14(13)18(15,17)10-19/h4-9H,11-12H2,1-3H3/t16-,17-,18?/m1/s1. The normalized spacial score (nSPS) is 42.9. The molecule has 0 amide bonds. The van der Waals surface area contributed by atoms with Gasteiger partial charge in [0.05, 0.1) is 19.3 Å². The third-order valence-electron chi connectivity index (χ3n) is 6.77. The summed E-state index contributed by atoms with van der Waals surface area (Å²) < 4.78 is 5.87. The van der Waals surface area contributed by atoms with Crippen molar-refractivity contribution in [2.75, 3.05) is 13.2 Å². The first kappa shape index (κ1) is 12.2. The van der Waals surface area contributed by atoms with Gasteiger partial charge in [0.15, 0.2) is 0 Å². The average Bonchev–Trinajstić information content (AvgIpc) is 2.75. The van der Waals surface area contributed by atoms with Crippen molar-refractivity contribution in [2.24, 2.45) is 16.2 Å². The van der Waals surface area contributed by atoms with Gasteiger partial charge < -0.3 is 4.74 Å². The largest absolute Gasteiger partial charge is 0.380 e. The molecule has 1 aromatic carbocycles. The average molecular weight is 265 g/mol. The molecule has 0 aromatic heterocycles. The maximum absolute atomic E-state index is 10.2. The lowest BCUT2D eigenvalue weighted by Crippen LogP contribution is -2.77. The molecule has 1 unspecified atom stereocenters. The Hall–Kier alpha value is -1.59. The van der Waals surface area contributed by atoms with Crippen LogP contribution in [0.4, 0.5) is 0 Å². The van der Waals surface area contributed by atoms with Gasteiger partial charge in [0.25, 0.3) is 0 Å². The molecule has 2 aliphatic carbocycles. The molecule has 0 radical (unpaired) electrons. The molecule has 1 saturated heterocycles. The Morgan fingerprint density at radius 2 is 1.90 bits per heavy atom. The monoisotopic (exact) mass is 265 g/mol. The Kier molecular flexibility index (Phi) is 1.93. The fraction of sp³-hybridized carbons (Fsp3) is 0.500. The maximum Gasteiger partial charge on any atom is 0.100 e. The van der Waals surface area contributed by atoms with Crippen LogP contribution in [0.25, 0.3) is 6.08 Å². The molecule has 0 N–H and O–H groups in total. The summed E-state index contributed by atoms with van der Waals surface area (Å²) in [5.74, 6) is 0. The number of hydrogen-bond donors (Lipinski definition) is 0. The first-order valence-electron chi connectivity index (χ1n) is 7.25. The van der Waals surface area contributed by atoms with Crippen molar-refractivity contribution in [3.63, 3.8) is 0 Å². The summed E-state index contributed by atoms with van der Waals surface area (Å²) in [6, 6.07) is 11.1. The first-order chi connectivity index (χ1) is 9.47. The number of benzene rings is 1. The van der Waals surface area contributed by atoms with Gasteiger partial charge in [-0.2, -0.15) is 5.26 Å². The quantitative estimate of drug-likeness (QED) is 0.719. The van der Waals surface area contributed by atoms with Gasteiger partial charge in [0.2, 0.25) is 0 Å². The van der Waals surface area contributed by atoms with Gasteiger partial charge in [0, 0.05) is 10.8 Å². The Balaban J connectivity index is 2.10. The topological polar surface area (TPSA) is 33.0 Å². The highest BCUT2D eigenvalue weighted by Gasteiger charge is 2.84. The molecule has 2 nitrogen and oxygen atoms in total. The predicted octanol–water partition coefficient (Wildman–Crippen LogP) is 3.54. The molecule has 1 aromatic rings. The molecule has 102 valence electrons. The number of hydrogen-bond acceptors (Lipinski definition) is 2. The van der Waals surface area contributed by atoms with E-state index in [-0.39, 0.29) is 16.2 Å². The molecular formula is C18H19NO. The number of fused-ring (bicyclic) bond motifs is 2. The van der Waals surface area contributed by atoms with Gasteiger partial charge in [-0.25, -0.2) is 0 Å². The lowest BCUT2D eigenvalue weighted by Gasteiger charge is -2.74. The van der Waals surface area contributed by atoms with Crippen molar-refractivity contribution >= 4 is 6.08 Å². The molecule has 1 spiro atoms. The highest BCUT2D eigenvalue weighted by molar-refractivity contribution is 5.69. The van der Waals surface area contributed by atoms with Crippen LogP contribution in [0.1, 0.15) is 31.9 Å². The predicted molar refractivity (Wildman–Crippen MR) is 77.9 cm³/mol. The van der Waals surface area contributed by atoms with Crippen molar-refractivity contribution in [1.29, 1.82) is 5.26 Å². The molecule has 3 aliphatic rings.